The van der Waals surface area contributed by atoms with Gasteiger partial charge in [0.05, 0.1) is 23.0 Å². The van der Waals surface area contributed by atoms with Crippen molar-refractivity contribution < 1.29 is 14.3 Å². The fourth-order valence-corrected chi connectivity index (χ4v) is 3.66. The van der Waals surface area contributed by atoms with Crippen molar-refractivity contribution in [3.8, 4) is 11.3 Å². The molecular formula is C22H18ClFN4O3. The summed E-state index contributed by atoms with van der Waals surface area (Å²) in [6.45, 7) is 1.12. The van der Waals surface area contributed by atoms with Gasteiger partial charge < -0.3 is 15.0 Å². The van der Waals surface area contributed by atoms with Crippen molar-refractivity contribution in [2.75, 3.05) is 5.32 Å². The molecule has 0 aliphatic rings. The molecule has 0 saturated carbocycles. The molecule has 0 bridgehead atoms. The van der Waals surface area contributed by atoms with Crippen LogP contribution in [0.4, 0.5) is 10.1 Å². The van der Waals surface area contributed by atoms with Crippen LogP contribution in [0.1, 0.15) is 11.1 Å². The molecule has 0 aliphatic carbocycles. The molecule has 0 radical (unpaired) electrons. The molecule has 158 valence electrons. The summed E-state index contributed by atoms with van der Waals surface area (Å²) in [6, 6.07) is 10.9. The number of aliphatic hydroxyl groups excluding tert-OH is 1. The number of anilines is 1. The molecule has 4 rings (SSSR count). The van der Waals surface area contributed by atoms with Gasteiger partial charge in [-0.05, 0) is 42.8 Å². The predicted octanol–water partition coefficient (Wildman–Crippen LogP) is 3.39. The molecule has 7 nitrogen and oxygen atoms in total. The highest BCUT2D eigenvalue weighted by Crippen LogP contribution is 2.26. The van der Waals surface area contributed by atoms with Gasteiger partial charge in [0.2, 0.25) is 5.91 Å². The van der Waals surface area contributed by atoms with E-state index in [0.29, 0.717) is 27.5 Å². The summed E-state index contributed by atoms with van der Waals surface area (Å²) in [6.07, 6.45) is 2.97. The number of aryl methyl sites for hydroxylation is 1. The fraction of sp³-hybridized carbons (Fsp3) is 0.136. The van der Waals surface area contributed by atoms with Gasteiger partial charge in [-0.15, -0.1) is 0 Å². The SMILES string of the molecule is Cc1cccc(Cl)c1NC(=O)Cn1ccn2nc(-c3ccc(F)cc3)c(CO)c2c1=O. The molecule has 4 aromatic rings. The van der Waals surface area contributed by atoms with E-state index < -0.39 is 23.9 Å². The summed E-state index contributed by atoms with van der Waals surface area (Å²) < 4.78 is 15.8. The quantitative estimate of drug-likeness (QED) is 0.498. The highest BCUT2D eigenvalue weighted by molar-refractivity contribution is 6.33. The summed E-state index contributed by atoms with van der Waals surface area (Å²) in [5.41, 5.74) is 2.17. The van der Waals surface area contributed by atoms with Crippen LogP contribution >= 0.6 is 11.6 Å². The Morgan fingerprint density at radius 1 is 1.19 bits per heavy atom. The zero-order valence-corrected chi connectivity index (χ0v) is 17.2. The minimum atomic E-state index is -0.488. The largest absolute Gasteiger partial charge is 0.392 e. The zero-order chi connectivity index (χ0) is 22.1. The van der Waals surface area contributed by atoms with E-state index in [1.54, 1.807) is 12.1 Å². The number of aliphatic hydroxyl groups is 1. The van der Waals surface area contributed by atoms with Crippen LogP contribution in [0.25, 0.3) is 16.8 Å². The standard InChI is InChI=1S/C22H18ClFN4O3/c1-13-3-2-4-17(23)19(13)25-18(30)11-27-9-10-28-21(22(27)31)16(12-29)20(26-28)14-5-7-15(24)8-6-14/h2-10,29H,11-12H2,1H3,(H,25,30). The van der Waals surface area contributed by atoms with Gasteiger partial charge in [-0.3, -0.25) is 9.59 Å². The van der Waals surface area contributed by atoms with Crippen LogP contribution in [-0.4, -0.2) is 25.2 Å². The fourth-order valence-electron chi connectivity index (χ4n) is 3.39. The number of carbonyl (C=O) groups is 1. The number of nitrogens with one attached hydrogen (secondary N) is 1. The molecule has 9 heteroatoms. The second-order valence-electron chi connectivity index (χ2n) is 7.00. The average Bonchev–Trinajstić information content (AvgIpc) is 3.13. The van der Waals surface area contributed by atoms with Crippen LogP contribution in [-0.2, 0) is 17.9 Å². The molecule has 0 spiro atoms. The van der Waals surface area contributed by atoms with Crippen LogP contribution < -0.4 is 10.9 Å². The lowest BCUT2D eigenvalue weighted by Crippen LogP contribution is -2.28. The van der Waals surface area contributed by atoms with E-state index in [1.165, 1.54) is 45.7 Å². The number of amides is 1. The molecular weight excluding hydrogens is 423 g/mol. The Morgan fingerprint density at radius 3 is 2.61 bits per heavy atom. The Morgan fingerprint density at radius 2 is 1.94 bits per heavy atom. The van der Waals surface area contributed by atoms with Crippen molar-refractivity contribution in [1.82, 2.24) is 14.2 Å². The second-order valence-corrected chi connectivity index (χ2v) is 7.40. The smallest absolute Gasteiger partial charge is 0.277 e. The van der Waals surface area contributed by atoms with Gasteiger partial charge in [-0.1, -0.05) is 23.7 Å². The molecule has 2 aromatic carbocycles. The first kappa shape index (κ1) is 20.8. The monoisotopic (exact) mass is 440 g/mol. The summed E-state index contributed by atoms with van der Waals surface area (Å²) in [4.78, 5) is 25.6. The number of hydrogen-bond acceptors (Lipinski definition) is 4. The number of nitrogens with zero attached hydrogens (tertiary/aromatic N) is 3. The van der Waals surface area contributed by atoms with Crippen molar-refractivity contribution in [3.63, 3.8) is 0 Å². The van der Waals surface area contributed by atoms with Gasteiger partial charge in [0.15, 0.2) is 0 Å². The van der Waals surface area contributed by atoms with E-state index in [-0.39, 0.29) is 12.1 Å². The molecule has 0 saturated heterocycles. The Kier molecular flexibility index (Phi) is 5.58. The number of aromatic nitrogens is 3. The lowest BCUT2D eigenvalue weighted by Gasteiger charge is -2.11. The van der Waals surface area contributed by atoms with Crippen LogP contribution in [0.15, 0.2) is 59.7 Å². The first-order valence-electron chi connectivity index (χ1n) is 9.41. The van der Waals surface area contributed by atoms with E-state index in [1.807, 2.05) is 13.0 Å². The average molecular weight is 441 g/mol. The second kappa shape index (κ2) is 8.33. The van der Waals surface area contributed by atoms with Gasteiger partial charge in [0.25, 0.3) is 5.56 Å². The maximum Gasteiger partial charge on any atom is 0.277 e. The highest BCUT2D eigenvalue weighted by atomic mass is 35.5. The number of rotatable bonds is 5. The van der Waals surface area contributed by atoms with E-state index >= 15 is 0 Å². The molecule has 2 heterocycles. The highest BCUT2D eigenvalue weighted by Gasteiger charge is 2.19. The number of benzene rings is 2. The Labute approximate surface area is 181 Å². The topological polar surface area (TPSA) is 88.6 Å². The van der Waals surface area contributed by atoms with Crippen molar-refractivity contribution in [2.45, 2.75) is 20.1 Å². The Balaban J connectivity index is 1.70. The van der Waals surface area contributed by atoms with Crippen molar-refractivity contribution in [3.05, 3.63) is 87.2 Å². The molecule has 0 unspecified atom stereocenters. The predicted molar refractivity (Wildman–Crippen MR) is 116 cm³/mol. The zero-order valence-electron chi connectivity index (χ0n) is 16.5. The molecule has 2 N–H and O–H groups in total. The third-order valence-electron chi connectivity index (χ3n) is 4.94. The maximum absolute atomic E-state index is 13.3. The van der Waals surface area contributed by atoms with E-state index in [2.05, 4.69) is 10.4 Å². The normalized spacial score (nSPS) is 11.1. The minimum absolute atomic E-state index is 0.144. The maximum atomic E-state index is 13.3. The van der Waals surface area contributed by atoms with Crippen LogP contribution in [0.5, 0.6) is 0 Å². The van der Waals surface area contributed by atoms with Crippen LogP contribution in [0.3, 0.4) is 0 Å². The summed E-state index contributed by atoms with van der Waals surface area (Å²) in [5.74, 6) is -0.827. The number of para-hydroxylation sites is 1. The lowest BCUT2D eigenvalue weighted by atomic mass is 10.1. The van der Waals surface area contributed by atoms with Crippen LogP contribution in [0.2, 0.25) is 5.02 Å². The van der Waals surface area contributed by atoms with Crippen molar-refractivity contribution >= 4 is 28.7 Å². The molecule has 31 heavy (non-hydrogen) atoms. The molecule has 2 aromatic heterocycles. The number of halogens is 2. The number of carbonyl (C=O) groups excluding carboxylic acids is 1. The molecule has 0 atom stereocenters. The summed E-state index contributed by atoms with van der Waals surface area (Å²) >= 11 is 6.15. The van der Waals surface area contributed by atoms with Crippen LogP contribution in [0, 0.1) is 12.7 Å². The number of hydrogen-bond donors (Lipinski definition) is 2. The van der Waals surface area contributed by atoms with E-state index in [4.69, 9.17) is 11.6 Å². The van der Waals surface area contributed by atoms with Crippen molar-refractivity contribution in [2.24, 2.45) is 0 Å². The summed E-state index contributed by atoms with van der Waals surface area (Å²) in [5, 5.41) is 17.4. The van der Waals surface area contributed by atoms with Gasteiger partial charge in [-0.25, -0.2) is 8.91 Å². The Bertz CT molecular complexity index is 1330. The van der Waals surface area contributed by atoms with Gasteiger partial charge >= 0.3 is 0 Å². The molecule has 1 amide bonds. The number of fused-ring (bicyclic) bond motifs is 1. The third kappa shape index (κ3) is 3.95. The van der Waals surface area contributed by atoms with Gasteiger partial charge in [-0.2, -0.15) is 5.10 Å². The first-order chi connectivity index (χ1) is 14.9. The molecule has 0 aliphatic heterocycles. The third-order valence-corrected chi connectivity index (χ3v) is 5.25. The summed E-state index contributed by atoms with van der Waals surface area (Å²) in [7, 11) is 0. The van der Waals surface area contributed by atoms with E-state index in [9.17, 15) is 19.1 Å². The van der Waals surface area contributed by atoms with Crippen molar-refractivity contribution in [1.29, 1.82) is 0 Å². The Hall–Kier alpha value is -3.49. The minimum Gasteiger partial charge on any atom is -0.392 e. The first-order valence-corrected chi connectivity index (χ1v) is 9.79. The van der Waals surface area contributed by atoms with E-state index in [0.717, 1.165) is 5.56 Å². The van der Waals surface area contributed by atoms with Gasteiger partial charge in [0, 0.05) is 23.5 Å². The molecule has 0 fully saturated rings. The van der Waals surface area contributed by atoms with Gasteiger partial charge in [0.1, 0.15) is 17.9 Å². The lowest BCUT2D eigenvalue weighted by molar-refractivity contribution is -0.116.